The van der Waals surface area contributed by atoms with Crippen molar-refractivity contribution in [2.45, 2.75) is 24.3 Å². The fraction of sp³-hybridized carbons (Fsp3) is 0.0784. The highest BCUT2D eigenvalue weighted by atomic mass is 32.1. The lowest BCUT2D eigenvalue weighted by Crippen LogP contribution is -2.44. The fourth-order valence-electron chi connectivity index (χ4n) is 9.25. The minimum Gasteiger partial charge on any atom is -0.456 e. The summed E-state index contributed by atoms with van der Waals surface area (Å²) in [7, 11) is 0. The second kappa shape index (κ2) is 12.9. The molecule has 272 valence electrons. The number of rotatable bonds is 5. The zero-order valence-electron chi connectivity index (χ0n) is 30.8. The largest absolute Gasteiger partial charge is 0.456 e. The number of aliphatic imine (C=N–C) groups is 1. The third kappa shape index (κ3) is 5.22. The first-order valence-electron chi connectivity index (χ1n) is 19.6. The monoisotopic (exact) mass is 752 g/mol. The van der Waals surface area contributed by atoms with Gasteiger partial charge in [0.05, 0.1) is 16.4 Å². The van der Waals surface area contributed by atoms with Crippen molar-refractivity contribution in [3.8, 4) is 11.1 Å². The van der Waals surface area contributed by atoms with Gasteiger partial charge in [-0.05, 0) is 70.3 Å². The van der Waals surface area contributed by atoms with E-state index >= 15 is 0 Å². The van der Waals surface area contributed by atoms with Crippen LogP contribution in [0.5, 0.6) is 0 Å². The second-order valence-corrected chi connectivity index (χ2v) is 16.2. The molecule has 6 heteroatoms. The zero-order valence-corrected chi connectivity index (χ0v) is 31.7. The van der Waals surface area contributed by atoms with Gasteiger partial charge in [0.2, 0.25) is 0 Å². The van der Waals surface area contributed by atoms with Crippen molar-refractivity contribution in [3.63, 3.8) is 0 Å². The number of allylic oxidation sites excluding steroid dienone is 2. The second-order valence-electron chi connectivity index (χ2n) is 15.1. The first-order valence-corrected chi connectivity index (χ1v) is 20.4. The van der Waals surface area contributed by atoms with Gasteiger partial charge in [0.25, 0.3) is 0 Å². The van der Waals surface area contributed by atoms with Crippen LogP contribution in [0, 0.1) is 0 Å². The van der Waals surface area contributed by atoms with E-state index in [0.29, 0.717) is 5.92 Å². The Balaban J connectivity index is 0.968. The van der Waals surface area contributed by atoms with Gasteiger partial charge in [-0.1, -0.05) is 140 Å². The van der Waals surface area contributed by atoms with Crippen LogP contribution in [-0.2, 0) is 0 Å². The first kappa shape index (κ1) is 32.5. The molecule has 2 N–H and O–H groups in total. The number of thiophene rings is 1. The van der Waals surface area contributed by atoms with E-state index < -0.39 is 0 Å². The van der Waals surface area contributed by atoms with E-state index in [1.165, 1.54) is 42.7 Å². The molecule has 3 aliphatic rings. The van der Waals surface area contributed by atoms with Crippen molar-refractivity contribution in [2.75, 3.05) is 4.90 Å². The van der Waals surface area contributed by atoms with Crippen molar-refractivity contribution in [1.29, 1.82) is 0 Å². The zero-order chi connectivity index (χ0) is 37.5. The van der Waals surface area contributed by atoms with Gasteiger partial charge in [0, 0.05) is 43.4 Å². The maximum atomic E-state index is 6.53. The Hall–Kier alpha value is -6.73. The molecule has 4 unspecified atom stereocenters. The van der Waals surface area contributed by atoms with Gasteiger partial charge in [-0.3, -0.25) is 5.32 Å². The average Bonchev–Trinajstić information content (AvgIpc) is 3.96. The lowest BCUT2D eigenvalue weighted by atomic mass is 9.91. The van der Waals surface area contributed by atoms with Crippen molar-refractivity contribution < 1.29 is 4.42 Å². The number of benzene rings is 7. The van der Waals surface area contributed by atoms with Crippen LogP contribution >= 0.6 is 11.3 Å². The van der Waals surface area contributed by atoms with E-state index in [4.69, 9.17) is 9.41 Å². The number of fused-ring (bicyclic) bond motifs is 9. The van der Waals surface area contributed by atoms with Crippen molar-refractivity contribution in [3.05, 3.63) is 204 Å². The number of furan rings is 1. The Morgan fingerprint density at radius 1 is 0.596 bits per heavy atom. The van der Waals surface area contributed by atoms with Gasteiger partial charge >= 0.3 is 0 Å². The summed E-state index contributed by atoms with van der Waals surface area (Å²) in [6, 6.07) is 56.7. The predicted molar refractivity (Wildman–Crippen MR) is 237 cm³/mol. The Morgan fingerprint density at radius 2 is 1.37 bits per heavy atom. The van der Waals surface area contributed by atoms with Gasteiger partial charge in [-0.15, -0.1) is 11.3 Å². The van der Waals surface area contributed by atoms with Crippen LogP contribution in [0.1, 0.15) is 40.5 Å². The first-order chi connectivity index (χ1) is 28.2. The summed E-state index contributed by atoms with van der Waals surface area (Å²) in [5.41, 5.74) is 11.3. The number of anilines is 2. The summed E-state index contributed by atoms with van der Waals surface area (Å²) >= 11 is 1.89. The molecule has 12 rings (SSSR count). The van der Waals surface area contributed by atoms with Gasteiger partial charge in [0.1, 0.15) is 29.3 Å². The summed E-state index contributed by atoms with van der Waals surface area (Å²) in [5.74, 6) is 1.20. The van der Waals surface area contributed by atoms with Crippen LogP contribution in [0.25, 0.3) is 53.2 Å². The molecule has 0 spiro atoms. The average molecular weight is 753 g/mol. The molecule has 2 aromatic heterocycles. The van der Waals surface area contributed by atoms with Gasteiger partial charge in [0.15, 0.2) is 0 Å². The molecule has 9 aromatic rings. The van der Waals surface area contributed by atoms with Crippen LogP contribution in [0.2, 0.25) is 0 Å². The highest BCUT2D eigenvalue weighted by molar-refractivity contribution is 7.26. The Bertz CT molecular complexity index is 3120. The summed E-state index contributed by atoms with van der Waals surface area (Å²) < 4.78 is 9.12. The van der Waals surface area contributed by atoms with E-state index in [9.17, 15) is 0 Å². The smallest absolute Gasteiger partial charge is 0.136 e. The Kier molecular flexibility index (Phi) is 7.37. The quantitative estimate of drug-likeness (QED) is 0.184. The normalized spacial score (nSPS) is 19.9. The molecule has 0 saturated heterocycles. The molecular weight excluding hydrogens is 717 g/mol. The maximum absolute atomic E-state index is 6.53. The summed E-state index contributed by atoms with van der Waals surface area (Å²) in [4.78, 5) is 7.79. The molecule has 5 nitrogen and oxygen atoms in total. The number of nitrogens with one attached hydrogen (secondary N) is 2. The van der Waals surface area contributed by atoms with Crippen LogP contribution in [0.15, 0.2) is 191 Å². The topological polar surface area (TPSA) is 52.8 Å². The number of hydrogen-bond donors (Lipinski definition) is 2. The third-order valence-corrected chi connectivity index (χ3v) is 13.1. The molecule has 4 heterocycles. The summed E-state index contributed by atoms with van der Waals surface area (Å²) in [6.45, 7) is 0. The van der Waals surface area contributed by atoms with Crippen molar-refractivity contribution in [1.82, 2.24) is 10.6 Å². The number of nitrogens with zero attached hydrogens (tertiary/aromatic N) is 2. The molecule has 7 aromatic carbocycles. The van der Waals surface area contributed by atoms with Gasteiger partial charge < -0.3 is 14.6 Å². The Morgan fingerprint density at radius 3 is 2.26 bits per heavy atom. The number of hydrogen-bond acceptors (Lipinski definition) is 6. The van der Waals surface area contributed by atoms with E-state index in [1.807, 2.05) is 17.4 Å². The van der Waals surface area contributed by atoms with Crippen molar-refractivity contribution in [2.24, 2.45) is 4.99 Å². The van der Waals surface area contributed by atoms with Crippen LogP contribution in [0.4, 0.5) is 11.4 Å². The molecule has 0 fully saturated rings. The standard InChI is InChI=1S/C51H36N4OS/c1-3-13-31(14-4-1)49-52-50(32-15-5-2-6-16-32)54-51(53-49)34-26-28-44-40(29-34)47-35(19-12-24-45(47)56-44)33-25-27-38-39-20-11-23-43(48(39)57-46(38)30-33)55-41-21-9-7-17-36(41)37-18-8-10-22-42(37)55/h1-30,36,41,49-50,52H,(H,53,54). The maximum Gasteiger partial charge on any atom is 0.136 e. The highest BCUT2D eigenvalue weighted by Gasteiger charge is 2.38. The van der Waals surface area contributed by atoms with Gasteiger partial charge in [-0.2, -0.15) is 0 Å². The molecule has 1 aliphatic carbocycles. The molecule has 0 amide bonds. The minimum atomic E-state index is -0.203. The van der Waals surface area contributed by atoms with Crippen molar-refractivity contribution >= 4 is 70.7 Å². The Labute approximate surface area is 333 Å². The lowest BCUT2D eigenvalue weighted by Gasteiger charge is -2.32. The fourth-order valence-corrected chi connectivity index (χ4v) is 10.5. The van der Waals surface area contributed by atoms with Crippen LogP contribution in [0.3, 0.4) is 0 Å². The van der Waals surface area contributed by atoms with Crippen LogP contribution in [-0.4, -0.2) is 11.9 Å². The molecule has 57 heavy (non-hydrogen) atoms. The third-order valence-electron chi connectivity index (χ3n) is 11.9. The molecule has 0 radical (unpaired) electrons. The summed E-state index contributed by atoms with van der Waals surface area (Å²) in [6.07, 6.45) is 8.78. The summed E-state index contributed by atoms with van der Waals surface area (Å²) in [5, 5.41) is 12.2. The van der Waals surface area contributed by atoms with E-state index in [1.54, 1.807) is 0 Å². The molecule has 4 atom stereocenters. The predicted octanol–water partition coefficient (Wildman–Crippen LogP) is 12.7. The minimum absolute atomic E-state index is 0.109. The van der Waals surface area contributed by atoms with E-state index in [-0.39, 0.29) is 18.4 Å². The molecule has 0 saturated carbocycles. The molecule has 0 bridgehead atoms. The van der Waals surface area contributed by atoms with E-state index in [0.717, 1.165) is 50.0 Å². The van der Waals surface area contributed by atoms with Crippen LogP contribution < -0.4 is 15.5 Å². The molecular formula is C51H36N4OS. The van der Waals surface area contributed by atoms with Gasteiger partial charge in [-0.25, -0.2) is 4.99 Å². The molecule has 2 aliphatic heterocycles. The highest BCUT2D eigenvalue weighted by Crippen LogP contribution is 2.51. The lowest BCUT2D eigenvalue weighted by molar-refractivity contribution is 0.409. The number of amidine groups is 1. The van der Waals surface area contributed by atoms with E-state index in [2.05, 4.69) is 191 Å². The SMILES string of the molecule is C1=CC2c3ccccc3N(c3cccc4c3sc3cc(-c5cccc6oc7ccc(C8=NC(c9ccccc9)NC(c9ccccc9)N8)cc7c56)ccc34)C2C=C1. The number of para-hydroxylation sites is 1.